The summed E-state index contributed by atoms with van der Waals surface area (Å²) < 4.78 is 5.55. The topological polar surface area (TPSA) is 79.5 Å². The number of carboxylic acid groups (broad SMARTS) is 1. The minimum atomic E-state index is -0.940. The summed E-state index contributed by atoms with van der Waals surface area (Å²) in [7, 11) is 0. The number of carbonyl (C=O) groups excluding carboxylic acids is 1. The van der Waals surface area contributed by atoms with E-state index in [0.29, 0.717) is 4.67 Å². The zero-order valence-electron chi connectivity index (χ0n) is 9.57. The van der Waals surface area contributed by atoms with Crippen LogP contribution in [0.4, 0.5) is 0 Å². The number of halogens is 1. The van der Waals surface area contributed by atoms with Gasteiger partial charge in [0.15, 0.2) is 10.4 Å². The maximum atomic E-state index is 11.7. The Morgan fingerprint density at radius 1 is 1.47 bits per heavy atom. The smallest absolute Gasteiger partial charge is 0.305 e. The van der Waals surface area contributed by atoms with E-state index in [1.54, 1.807) is 6.07 Å². The van der Waals surface area contributed by atoms with Crippen LogP contribution in [0, 0.1) is 5.92 Å². The highest BCUT2D eigenvalue weighted by molar-refractivity contribution is 9.10. The van der Waals surface area contributed by atoms with Crippen LogP contribution in [0.3, 0.4) is 0 Å². The van der Waals surface area contributed by atoms with E-state index in [9.17, 15) is 9.59 Å². The summed E-state index contributed by atoms with van der Waals surface area (Å²) in [6.45, 7) is 3.71. The monoisotopic (exact) mass is 303 g/mol. The van der Waals surface area contributed by atoms with Crippen molar-refractivity contribution in [3.8, 4) is 0 Å². The highest BCUT2D eigenvalue weighted by Crippen LogP contribution is 2.15. The lowest BCUT2D eigenvalue weighted by atomic mass is 10.0. The van der Waals surface area contributed by atoms with Crippen molar-refractivity contribution in [2.45, 2.75) is 26.3 Å². The molecule has 1 heterocycles. The minimum Gasteiger partial charge on any atom is -0.481 e. The molecule has 17 heavy (non-hydrogen) atoms. The van der Waals surface area contributed by atoms with Crippen molar-refractivity contribution in [2.75, 3.05) is 0 Å². The molecule has 0 radical (unpaired) electrons. The number of amides is 1. The quantitative estimate of drug-likeness (QED) is 0.874. The third-order valence-corrected chi connectivity index (χ3v) is 2.74. The van der Waals surface area contributed by atoms with Crippen LogP contribution in [0.5, 0.6) is 0 Å². The molecule has 0 aliphatic rings. The number of hydrogen-bond donors (Lipinski definition) is 2. The largest absolute Gasteiger partial charge is 0.481 e. The van der Waals surface area contributed by atoms with Gasteiger partial charge in [0.05, 0.1) is 6.42 Å². The Balaban J connectivity index is 2.67. The second kappa shape index (κ2) is 5.86. The summed E-state index contributed by atoms with van der Waals surface area (Å²) >= 11 is 3.10. The van der Waals surface area contributed by atoms with E-state index in [1.165, 1.54) is 6.07 Å². The van der Waals surface area contributed by atoms with Gasteiger partial charge in [-0.15, -0.1) is 0 Å². The van der Waals surface area contributed by atoms with Gasteiger partial charge >= 0.3 is 5.97 Å². The first kappa shape index (κ1) is 13.8. The predicted octanol–water partition coefficient (Wildman–Crippen LogP) is 2.27. The highest BCUT2D eigenvalue weighted by atomic mass is 79.9. The molecule has 5 nitrogen and oxygen atoms in total. The molecule has 0 saturated heterocycles. The molecule has 1 aromatic rings. The SMILES string of the molecule is CC(C)C(CC(=O)O)NC(=O)c1ccc(Br)o1. The molecular formula is C11H14BrNO4. The Kier molecular flexibility index (Phi) is 4.74. The fourth-order valence-electron chi connectivity index (χ4n) is 1.32. The number of aliphatic carboxylic acids is 1. The van der Waals surface area contributed by atoms with Gasteiger partial charge in [0.25, 0.3) is 5.91 Å². The third kappa shape index (κ3) is 4.22. The average Bonchev–Trinajstić information content (AvgIpc) is 2.63. The van der Waals surface area contributed by atoms with Gasteiger partial charge in [0.2, 0.25) is 0 Å². The van der Waals surface area contributed by atoms with Crippen molar-refractivity contribution in [1.82, 2.24) is 5.32 Å². The molecule has 0 fully saturated rings. The van der Waals surface area contributed by atoms with Crippen LogP contribution in [-0.2, 0) is 4.79 Å². The van der Waals surface area contributed by atoms with Crippen LogP contribution in [0.2, 0.25) is 0 Å². The lowest BCUT2D eigenvalue weighted by Gasteiger charge is -2.19. The molecule has 1 rings (SSSR count). The number of rotatable bonds is 5. The molecule has 0 aliphatic heterocycles. The molecule has 6 heteroatoms. The van der Waals surface area contributed by atoms with E-state index in [4.69, 9.17) is 9.52 Å². The van der Waals surface area contributed by atoms with Crippen molar-refractivity contribution < 1.29 is 19.1 Å². The Bertz CT molecular complexity index is 413. The summed E-state index contributed by atoms with van der Waals surface area (Å²) in [6.07, 6.45) is -0.106. The highest BCUT2D eigenvalue weighted by Gasteiger charge is 2.21. The molecule has 0 bridgehead atoms. The van der Waals surface area contributed by atoms with E-state index in [1.807, 2.05) is 13.8 Å². The zero-order valence-corrected chi connectivity index (χ0v) is 11.2. The summed E-state index contributed by atoms with van der Waals surface area (Å²) in [5, 5.41) is 11.4. The van der Waals surface area contributed by atoms with Crippen LogP contribution in [0.15, 0.2) is 21.2 Å². The third-order valence-electron chi connectivity index (χ3n) is 2.31. The normalized spacial score (nSPS) is 12.5. The predicted molar refractivity (Wildman–Crippen MR) is 64.8 cm³/mol. The van der Waals surface area contributed by atoms with Gasteiger partial charge in [0.1, 0.15) is 0 Å². The lowest BCUT2D eigenvalue weighted by Crippen LogP contribution is -2.39. The zero-order chi connectivity index (χ0) is 13.0. The minimum absolute atomic E-state index is 0.0356. The second-order valence-electron chi connectivity index (χ2n) is 4.03. The van der Waals surface area contributed by atoms with E-state index in [2.05, 4.69) is 21.2 Å². The van der Waals surface area contributed by atoms with Crippen LogP contribution in [-0.4, -0.2) is 23.0 Å². The van der Waals surface area contributed by atoms with Gasteiger partial charge in [-0.1, -0.05) is 13.8 Å². The fourth-order valence-corrected chi connectivity index (χ4v) is 1.62. The van der Waals surface area contributed by atoms with Gasteiger partial charge in [0, 0.05) is 6.04 Å². The molecule has 0 saturated carbocycles. The first-order valence-corrected chi connectivity index (χ1v) is 5.97. The number of carbonyl (C=O) groups is 2. The summed E-state index contributed by atoms with van der Waals surface area (Å²) in [4.78, 5) is 22.4. The van der Waals surface area contributed by atoms with Crippen molar-refractivity contribution >= 4 is 27.8 Å². The van der Waals surface area contributed by atoms with Gasteiger partial charge in [-0.2, -0.15) is 0 Å². The van der Waals surface area contributed by atoms with E-state index in [-0.39, 0.29) is 18.1 Å². The molecule has 0 spiro atoms. The summed E-state index contributed by atoms with van der Waals surface area (Å²) in [5.74, 6) is -1.15. The number of carboxylic acids is 1. The lowest BCUT2D eigenvalue weighted by molar-refractivity contribution is -0.137. The van der Waals surface area contributed by atoms with Crippen LogP contribution < -0.4 is 5.32 Å². The first-order chi connectivity index (χ1) is 7.90. The number of hydrogen-bond acceptors (Lipinski definition) is 3. The molecule has 1 amide bonds. The number of nitrogens with one attached hydrogen (secondary N) is 1. The van der Waals surface area contributed by atoms with Crippen molar-refractivity contribution in [1.29, 1.82) is 0 Å². The molecule has 0 aliphatic carbocycles. The summed E-state index contributed by atoms with van der Waals surface area (Å²) in [6, 6.07) is 2.72. The molecule has 2 N–H and O–H groups in total. The molecule has 1 aromatic heterocycles. The molecule has 1 unspecified atom stereocenters. The molecular weight excluding hydrogens is 290 g/mol. The molecule has 1 atom stereocenters. The van der Waals surface area contributed by atoms with Crippen LogP contribution in [0.1, 0.15) is 30.8 Å². The maximum Gasteiger partial charge on any atom is 0.305 e. The maximum absolute atomic E-state index is 11.7. The first-order valence-electron chi connectivity index (χ1n) is 5.18. The van der Waals surface area contributed by atoms with Crippen LogP contribution in [0.25, 0.3) is 0 Å². The second-order valence-corrected chi connectivity index (χ2v) is 4.81. The Labute approximate surface area is 107 Å². The number of furan rings is 1. The van der Waals surface area contributed by atoms with Gasteiger partial charge in [-0.05, 0) is 34.0 Å². The van der Waals surface area contributed by atoms with E-state index >= 15 is 0 Å². The molecule has 94 valence electrons. The van der Waals surface area contributed by atoms with E-state index in [0.717, 1.165) is 0 Å². The van der Waals surface area contributed by atoms with Gasteiger partial charge < -0.3 is 14.8 Å². The van der Waals surface area contributed by atoms with Crippen LogP contribution >= 0.6 is 15.9 Å². The van der Waals surface area contributed by atoms with E-state index < -0.39 is 17.9 Å². The standard InChI is InChI=1S/C11H14BrNO4/c1-6(2)7(5-10(14)15)13-11(16)8-3-4-9(12)17-8/h3-4,6-7H,5H2,1-2H3,(H,13,16)(H,14,15). The van der Waals surface area contributed by atoms with Crippen molar-refractivity contribution in [2.24, 2.45) is 5.92 Å². The Morgan fingerprint density at radius 2 is 2.12 bits per heavy atom. The van der Waals surface area contributed by atoms with Crippen molar-refractivity contribution in [3.05, 3.63) is 22.6 Å². The van der Waals surface area contributed by atoms with Crippen molar-refractivity contribution in [3.63, 3.8) is 0 Å². The molecule has 0 aromatic carbocycles. The van der Waals surface area contributed by atoms with Gasteiger partial charge in [-0.3, -0.25) is 9.59 Å². The fraction of sp³-hybridized carbons (Fsp3) is 0.455. The van der Waals surface area contributed by atoms with Gasteiger partial charge in [-0.25, -0.2) is 0 Å². The summed E-state index contributed by atoms with van der Waals surface area (Å²) in [5.41, 5.74) is 0. The Morgan fingerprint density at radius 3 is 2.53 bits per heavy atom. The average molecular weight is 304 g/mol. The Hall–Kier alpha value is -1.30.